The summed E-state index contributed by atoms with van der Waals surface area (Å²) in [6.45, 7) is 7.77. The van der Waals surface area contributed by atoms with E-state index in [1.807, 2.05) is 27.7 Å². The maximum atomic E-state index is 5.86. The summed E-state index contributed by atoms with van der Waals surface area (Å²) < 4.78 is 10.8. The van der Waals surface area contributed by atoms with E-state index in [1.54, 1.807) is 0 Å². The normalized spacial score (nSPS) is 13.0. The van der Waals surface area contributed by atoms with Crippen molar-refractivity contribution in [2.24, 2.45) is 5.73 Å². The van der Waals surface area contributed by atoms with E-state index in [-0.39, 0.29) is 6.04 Å². The summed E-state index contributed by atoms with van der Waals surface area (Å²) in [5, 5.41) is 3.90. The van der Waals surface area contributed by atoms with E-state index in [1.165, 1.54) is 0 Å². The fourth-order valence-corrected chi connectivity index (χ4v) is 1.78. The Morgan fingerprint density at radius 1 is 1.24 bits per heavy atom. The van der Waals surface area contributed by atoms with E-state index in [9.17, 15) is 0 Å². The third-order valence-electron chi connectivity index (χ3n) is 2.99. The van der Waals surface area contributed by atoms with Gasteiger partial charge in [0.15, 0.2) is 5.82 Å². The van der Waals surface area contributed by atoms with Gasteiger partial charge in [0, 0.05) is 5.56 Å². The van der Waals surface area contributed by atoms with Gasteiger partial charge in [-0.1, -0.05) is 12.1 Å². The lowest BCUT2D eigenvalue weighted by Crippen LogP contribution is -2.10. The average molecular weight is 235 g/mol. The highest BCUT2D eigenvalue weighted by atomic mass is 16.5. The molecule has 0 spiro atoms. The molecule has 0 bridgehead atoms. The Balaban J connectivity index is 2.43. The molecule has 0 fully saturated rings. The number of hydrogen-bond acceptors (Lipinski definition) is 5. The van der Waals surface area contributed by atoms with Crippen molar-refractivity contribution in [2.75, 3.05) is 0 Å². The summed E-state index contributed by atoms with van der Waals surface area (Å²) in [7, 11) is 0. The van der Waals surface area contributed by atoms with Gasteiger partial charge in [0.2, 0.25) is 0 Å². The number of aryl methyl sites for hydroxylation is 2. The van der Waals surface area contributed by atoms with Gasteiger partial charge in [0.25, 0.3) is 5.89 Å². The molecule has 5 heteroatoms. The van der Waals surface area contributed by atoms with E-state index < -0.39 is 0 Å². The summed E-state index contributed by atoms with van der Waals surface area (Å²) in [5.74, 6) is 2.69. The monoisotopic (exact) mass is 235 g/mol. The molecular formula is C12H17N3O2. The predicted molar refractivity (Wildman–Crippen MR) is 63.4 cm³/mol. The molecular weight excluding hydrogens is 218 g/mol. The van der Waals surface area contributed by atoms with E-state index in [0.29, 0.717) is 11.7 Å². The molecule has 0 saturated carbocycles. The van der Waals surface area contributed by atoms with Crippen molar-refractivity contribution in [3.63, 3.8) is 0 Å². The van der Waals surface area contributed by atoms with Gasteiger partial charge in [-0.2, -0.15) is 4.98 Å². The Morgan fingerprint density at radius 2 is 1.94 bits per heavy atom. The van der Waals surface area contributed by atoms with Crippen molar-refractivity contribution in [2.45, 2.75) is 40.2 Å². The van der Waals surface area contributed by atoms with E-state index in [2.05, 4.69) is 10.1 Å². The van der Waals surface area contributed by atoms with Gasteiger partial charge in [-0.05, 0) is 27.2 Å². The Bertz CT molecular complexity index is 528. The highest BCUT2D eigenvalue weighted by molar-refractivity contribution is 5.61. The van der Waals surface area contributed by atoms with Crippen molar-refractivity contribution in [1.82, 2.24) is 10.1 Å². The van der Waals surface area contributed by atoms with Gasteiger partial charge in [0.05, 0.1) is 11.6 Å². The van der Waals surface area contributed by atoms with Crippen molar-refractivity contribution in [3.8, 4) is 11.5 Å². The van der Waals surface area contributed by atoms with Gasteiger partial charge < -0.3 is 14.7 Å². The molecule has 17 heavy (non-hydrogen) atoms. The topological polar surface area (TPSA) is 78.1 Å². The fraction of sp³-hybridized carbons (Fsp3) is 0.500. The third-order valence-corrected chi connectivity index (χ3v) is 2.99. The van der Waals surface area contributed by atoms with Crippen LogP contribution < -0.4 is 5.73 Å². The first kappa shape index (κ1) is 11.9. The first-order chi connectivity index (χ1) is 8.04. The minimum Gasteiger partial charge on any atom is -0.466 e. The lowest BCUT2D eigenvalue weighted by Gasteiger charge is -1.99. The molecule has 0 amide bonds. The highest BCUT2D eigenvalue weighted by Crippen LogP contribution is 2.30. The molecule has 92 valence electrons. The SMILES string of the molecule is CCC(N)c1noc(-c2c(C)oc(C)c2C)n1. The molecule has 2 rings (SSSR count). The largest absolute Gasteiger partial charge is 0.466 e. The van der Waals surface area contributed by atoms with Crippen LogP contribution in [0.4, 0.5) is 0 Å². The van der Waals surface area contributed by atoms with Crippen molar-refractivity contribution in [3.05, 3.63) is 22.9 Å². The van der Waals surface area contributed by atoms with Crippen LogP contribution in [0, 0.1) is 20.8 Å². The number of furan rings is 1. The Kier molecular flexibility index (Phi) is 3.02. The van der Waals surface area contributed by atoms with E-state index >= 15 is 0 Å². The maximum absolute atomic E-state index is 5.86. The summed E-state index contributed by atoms with van der Waals surface area (Å²) in [6.07, 6.45) is 0.779. The first-order valence-corrected chi connectivity index (χ1v) is 5.70. The number of hydrogen-bond donors (Lipinski definition) is 1. The van der Waals surface area contributed by atoms with Crippen LogP contribution in [0.5, 0.6) is 0 Å². The summed E-state index contributed by atoms with van der Waals surface area (Å²) in [6, 6.07) is -0.180. The molecule has 1 unspecified atom stereocenters. The van der Waals surface area contributed by atoms with Crippen LogP contribution >= 0.6 is 0 Å². The molecule has 0 aliphatic carbocycles. The average Bonchev–Trinajstić information content (AvgIpc) is 2.85. The zero-order chi connectivity index (χ0) is 12.6. The minimum absolute atomic E-state index is 0.180. The number of nitrogens with two attached hydrogens (primary N) is 1. The molecule has 0 saturated heterocycles. The first-order valence-electron chi connectivity index (χ1n) is 5.70. The Hall–Kier alpha value is -1.62. The number of rotatable bonds is 3. The summed E-state index contributed by atoms with van der Waals surface area (Å²) in [5.41, 5.74) is 7.77. The third kappa shape index (κ3) is 1.98. The molecule has 2 heterocycles. The van der Waals surface area contributed by atoms with Crippen molar-refractivity contribution < 1.29 is 8.94 Å². The van der Waals surface area contributed by atoms with Crippen LogP contribution in [-0.4, -0.2) is 10.1 Å². The molecule has 0 aromatic carbocycles. The Labute approximate surface area is 100.0 Å². The van der Waals surface area contributed by atoms with E-state index in [0.717, 1.165) is 29.1 Å². The van der Waals surface area contributed by atoms with Gasteiger partial charge in [0.1, 0.15) is 11.5 Å². The molecule has 2 aromatic rings. The van der Waals surface area contributed by atoms with Crippen LogP contribution in [0.25, 0.3) is 11.5 Å². The molecule has 1 atom stereocenters. The van der Waals surface area contributed by atoms with Gasteiger partial charge >= 0.3 is 0 Å². The van der Waals surface area contributed by atoms with Crippen LogP contribution in [0.2, 0.25) is 0 Å². The van der Waals surface area contributed by atoms with Crippen LogP contribution in [0.1, 0.15) is 42.3 Å². The van der Waals surface area contributed by atoms with Gasteiger partial charge in [-0.15, -0.1) is 0 Å². The van der Waals surface area contributed by atoms with Crippen molar-refractivity contribution in [1.29, 1.82) is 0 Å². The van der Waals surface area contributed by atoms with Crippen LogP contribution in [0.15, 0.2) is 8.94 Å². The van der Waals surface area contributed by atoms with Gasteiger partial charge in [-0.25, -0.2) is 0 Å². The second kappa shape index (κ2) is 4.33. The fourth-order valence-electron chi connectivity index (χ4n) is 1.78. The number of nitrogens with zero attached hydrogens (tertiary/aromatic N) is 2. The molecule has 5 nitrogen and oxygen atoms in total. The second-order valence-electron chi connectivity index (χ2n) is 4.19. The van der Waals surface area contributed by atoms with Crippen LogP contribution in [0.3, 0.4) is 0 Å². The van der Waals surface area contributed by atoms with Gasteiger partial charge in [-0.3, -0.25) is 0 Å². The van der Waals surface area contributed by atoms with Crippen LogP contribution in [-0.2, 0) is 0 Å². The predicted octanol–water partition coefficient (Wildman–Crippen LogP) is 2.66. The standard InChI is InChI=1S/C12H17N3O2/c1-5-9(13)11-14-12(17-15-11)10-6(2)7(3)16-8(10)4/h9H,5,13H2,1-4H3. The quantitative estimate of drug-likeness (QED) is 0.884. The molecule has 0 radical (unpaired) electrons. The highest BCUT2D eigenvalue weighted by Gasteiger charge is 2.20. The minimum atomic E-state index is -0.180. The molecule has 2 aromatic heterocycles. The smallest absolute Gasteiger partial charge is 0.261 e. The lowest BCUT2D eigenvalue weighted by molar-refractivity contribution is 0.413. The molecule has 0 aliphatic rings. The zero-order valence-electron chi connectivity index (χ0n) is 10.6. The Morgan fingerprint density at radius 3 is 2.47 bits per heavy atom. The zero-order valence-corrected chi connectivity index (χ0v) is 10.6. The maximum Gasteiger partial charge on any atom is 0.261 e. The lowest BCUT2D eigenvalue weighted by atomic mass is 10.1. The molecule has 2 N–H and O–H groups in total. The summed E-state index contributed by atoms with van der Waals surface area (Å²) in [4.78, 5) is 4.32. The second-order valence-corrected chi connectivity index (χ2v) is 4.19. The van der Waals surface area contributed by atoms with E-state index in [4.69, 9.17) is 14.7 Å². The summed E-state index contributed by atoms with van der Waals surface area (Å²) >= 11 is 0. The number of aromatic nitrogens is 2. The molecule has 0 aliphatic heterocycles. The van der Waals surface area contributed by atoms with Crippen molar-refractivity contribution >= 4 is 0 Å².